The van der Waals surface area contributed by atoms with Gasteiger partial charge in [0.15, 0.2) is 0 Å². The van der Waals surface area contributed by atoms with E-state index in [0.717, 1.165) is 12.1 Å². The molecule has 0 fully saturated rings. The van der Waals surface area contributed by atoms with Crippen LogP contribution in [0.1, 0.15) is 23.1 Å². The van der Waals surface area contributed by atoms with Crippen LogP contribution in [0, 0.1) is 17.5 Å². The van der Waals surface area contributed by atoms with Crippen LogP contribution >= 0.6 is 0 Å². The normalized spacial score (nSPS) is 21.5. The molecule has 1 nitrogen and oxygen atoms in total. The molecule has 0 amide bonds. The predicted molar refractivity (Wildman–Crippen MR) is 64.1 cm³/mol. The molecule has 0 bridgehead atoms. The van der Waals surface area contributed by atoms with Gasteiger partial charge in [0.05, 0.1) is 5.56 Å². The van der Waals surface area contributed by atoms with E-state index in [1.807, 2.05) is 0 Å². The van der Waals surface area contributed by atoms with Crippen molar-refractivity contribution in [3.8, 4) is 0 Å². The number of benzene rings is 2. The molecule has 0 saturated heterocycles. The van der Waals surface area contributed by atoms with Crippen LogP contribution in [0.2, 0.25) is 0 Å². The third-order valence-electron chi connectivity index (χ3n) is 3.68. The second-order valence-electron chi connectivity index (χ2n) is 4.72. The lowest BCUT2D eigenvalue weighted by atomic mass is 9.87. The zero-order valence-electron chi connectivity index (χ0n) is 9.96. The van der Waals surface area contributed by atoms with Gasteiger partial charge in [0.25, 0.3) is 0 Å². The van der Waals surface area contributed by atoms with E-state index in [9.17, 15) is 18.3 Å². The van der Waals surface area contributed by atoms with Crippen molar-refractivity contribution < 1.29 is 18.3 Å². The third kappa shape index (κ3) is 1.67. The van der Waals surface area contributed by atoms with Crippen molar-refractivity contribution >= 4 is 0 Å². The first-order valence-electron chi connectivity index (χ1n) is 5.99. The lowest BCUT2D eigenvalue weighted by Gasteiger charge is -2.25. The quantitative estimate of drug-likeness (QED) is 0.838. The lowest BCUT2D eigenvalue weighted by Crippen LogP contribution is -2.27. The minimum Gasteiger partial charge on any atom is -0.380 e. The molecular weight excluding hydrogens is 253 g/mol. The second-order valence-corrected chi connectivity index (χ2v) is 4.72. The summed E-state index contributed by atoms with van der Waals surface area (Å²) in [6, 6.07) is 7.64. The maximum Gasteiger partial charge on any atom is 0.132 e. The molecule has 2 aromatic rings. The average Bonchev–Trinajstić information content (AvgIpc) is 2.69. The number of halogens is 3. The van der Waals surface area contributed by atoms with E-state index in [-0.39, 0.29) is 18.4 Å². The predicted octanol–water partition coefficient (Wildman–Crippen LogP) is 3.29. The summed E-state index contributed by atoms with van der Waals surface area (Å²) in [6.45, 7) is 0. The lowest BCUT2D eigenvalue weighted by molar-refractivity contribution is 0.0746. The van der Waals surface area contributed by atoms with Gasteiger partial charge >= 0.3 is 0 Å². The smallest absolute Gasteiger partial charge is 0.132 e. The Morgan fingerprint density at radius 1 is 0.895 bits per heavy atom. The maximum atomic E-state index is 13.8. The molecule has 19 heavy (non-hydrogen) atoms. The Morgan fingerprint density at radius 3 is 2.16 bits per heavy atom. The molecule has 1 aliphatic carbocycles. The molecule has 4 heteroatoms. The second kappa shape index (κ2) is 4.10. The standard InChI is InChI=1S/C15H11F3O/c16-11-4-1-3-10-9(11)7-8-15(10,19)14-12(17)5-2-6-13(14)18/h1-6,19H,7-8H2. The van der Waals surface area contributed by atoms with Gasteiger partial charge in [-0.25, -0.2) is 13.2 Å². The van der Waals surface area contributed by atoms with Gasteiger partial charge in [0, 0.05) is 0 Å². The molecule has 1 aliphatic rings. The van der Waals surface area contributed by atoms with Crippen molar-refractivity contribution in [3.05, 3.63) is 70.5 Å². The highest BCUT2D eigenvalue weighted by atomic mass is 19.1. The molecule has 0 saturated carbocycles. The van der Waals surface area contributed by atoms with Crippen molar-refractivity contribution in [2.75, 3.05) is 0 Å². The van der Waals surface area contributed by atoms with Crippen LogP contribution in [0.5, 0.6) is 0 Å². The Kier molecular flexibility index (Phi) is 2.64. The average molecular weight is 264 g/mol. The van der Waals surface area contributed by atoms with Crippen LogP contribution in [-0.4, -0.2) is 5.11 Å². The minimum atomic E-state index is -1.80. The van der Waals surface area contributed by atoms with Crippen molar-refractivity contribution in [3.63, 3.8) is 0 Å². The van der Waals surface area contributed by atoms with Crippen molar-refractivity contribution in [1.82, 2.24) is 0 Å². The van der Waals surface area contributed by atoms with E-state index >= 15 is 0 Å². The number of rotatable bonds is 1. The fraction of sp³-hybridized carbons (Fsp3) is 0.200. The number of hydrogen-bond donors (Lipinski definition) is 1. The van der Waals surface area contributed by atoms with E-state index < -0.39 is 28.6 Å². The SMILES string of the molecule is OC1(c2c(F)cccc2F)CCc2c(F)cccc21. The van der Waals surface area contributed by atoms with Crippen LogP contribution in [0.25, 0.3) is 0 Å². The number of fused-ring (bicyclic) bond motifs is 1. The van der Waals surface area contributed by atoms with Gasteiger partial charge in [-0.05, 0) is 42.2 Å². The Labute approximate surface area is 108 Å². The van der Waals surface area contributed by atoms with Crippen molar-refractivity contribution in [2.45, 2.75) is 18.4 Å². The molecule has 0 heterocycles. The van der Waals surface area contributed by atoms with Gasteiger partial charge < -0.3 is 5.11 Å². The Bertz CT molecular complexity index is 634. The third-order valence-corrected chi connectivity index (χ3v) is 3.68. The van der Waals surface area contributed by atoms with Crippen LogP contribution in [0.15, 0.2) is 36.4 Å². The van der Waals surface area contributed by atoms with Crippen molar-refractivity contribution in [1.29, 1.82) is 0 Å². The fourth-order valence-electron chi connectivity index (χ4n) is 2.79. The van der Waals surface area contributed by atoms with Crippen LogP contribution in [0.4, 0.5) is 13.2 Å². The van der Waals surface area contributed by atoms with E-state index in [0.29, 0.717) is 5.56 Å². The van der Waals surface area contributed by atoms with Gasteiger partial charge in [-0.2, -0.15) is 0 Å². The topological polar surface area (TPSA) is 20.2 Å². The minimum absolute atomic E-state index is 0.0706. The highest BCUT2D eigenvalue weighted by Crippen LogP contribution is 2.44. The maximum absolute atomic E-state index is 13.8. The van der Waals surface area contributed by atoms with Crippen LogP contribution in [0.3, 0.4) is 0 Å². The summed E-state index contributed by atoms with van der Waals surface area (Å²) in [5.74, 6) is -2.09. The van der Waals surface area contributed by atoms with Crippen molar-refractivity contribution in [2.24, 2.45) is 0 Å². The zero-order chi connectivity index (χ0) is 13.6. The number of hydrogen-bond acceptors (Lipinski definition) is 1. The fourth-order valence-corrected chi connectivity index (χ4v) is 2.79. The summed E-state index contributed by atoms with van der Waals surface area (Å²) < 4.78 is 41.3. The van der Waals surface area contributed by atoms with Gasteiger partial charge in [-0.15, -0.1) is 0 Å². The summed E-state index contributed by atoms with van der Waals surface area (Å²) >= 11 is 0. The summed E-state index contributed by atoms with van der Waals surface area (Å²) in [4.78, 5) is 0. The van der Waals surface area contributed by atoms with E-state index in [1.54, 1.807) is 0 Å². The first-order valence-corrected chi connectivity index (χ1v) is 5.99. The molecular formula is C15H11F3O. The summed E-state index contributed by atoms with van der Waals surface area (Å²) in [6.07, 6.45) is 0.327. The molecule has 98 valence electrons. The highest BCUT2D eigenvalue weighted by molar-refractivity contribution is 5.46. The van der Waals surface area contributed by atoms with E-state index in [1.165, 1.54) is 24.3 Å². The molecule has 1 unspecified atom stereocenters. The largest absolute Gasteiger partial charge is 0.380 e. The Morgan fingerprint density at radius 2 is 1.47 bits per heavy atom. The van der Waals surface area contributed by atoms with Crippen LogP contribution in [-0.2, 0) is 12.0 Å². The molecule has 0 aromatic heterocycles. The summed E-state index contributed by atoms with van der Waals surface area (Å²) in [7, 11) is 0. The molecule has 1 N–H and O–H groups in total. The summed E-state index contributed by atoms with van der Waals surface area (Å²) in [5.41, 5.74) is -1.63. The van der Waals surface area contributed by atoms with Gasteiger partial charge in [0.1, 0.15) is 23.1 Å². The van der Waals surface area contributed by atoms with Gasteiger partial charge in [-0.1, -0.05) is 18.2 Å². The molecule has 3 rings (SSSR count). The van der Waals surface area contributed by atoms with E-state index in [4.69, 9.17) is 0 Å². The Hall–Kier alpha value is -1.81. The molecule has 0 radical (unpaired) electrons. The van der Waals surface area contributed by atoms with Crippen LogP contribution < -0.4 is 0 Å². The first kappa shape index (κ1) is 12.2. The monoisotopic (exact) mass is 264 g/mol. The summed E-state index contributed by atoms with van der Waals surface area (Å²) in [5, 5.41) is 10.7. The first-order chi connectivity index (χ1) is 9.04. The van der Waals surface area contributed by atoms with Gasteiger partial charge in [-0.3, -0.25) is 0 Å². The Balaban J connectivity index is 2.26. The highest BCUT2D eigenvalue weighted by Gasteiger charge is 2.43. The number of aliphatic hydroxyl groups is 1. The molecule has 1 atom stereocenters. The molecule has 0 aliphatic heterocycles. The van der Waals surface area contributed by atoms with Gasteiger partial charge in [0.2, 0.25) is 0 Å². The molecule has 0 spiro atoms. The molecule has 2 aromatic carbocycles. The zero-order valence-corrected chi connectivity index (χ0v) is 9.96. The van der Waals surface area contributed by atoms with E-state index in [2.05, 4.69) is 0 Å².